The fraction of sp³-hybridized carbons (Fsp3) is 0.267. The lowest BCUT2D eigenvalue weighted by atomic mass is 10.1. The minimum atomic E-state index is 0.207. The van der Waals surface area contributed by atoms with E-state index in [2.05, 4.69) is 41.5 Å². The molecule has 0 bridgehead atoms. The predicted octanol–water partition coefficient (Wildman–Crippen LogP) is 2.43. The van der Waals surface area contributed by atoms with Crippen LogP contribution in [0.3, 0.4) is 0 Å². The third-order valence-corrected chi connectivity index (χ3v) is 2.95. The van der Waals surface area contributed by atoms with Crippen LogP contribution in [0.15, 0.2) is 42.6 Å². The molecule has 0 unspecified atom stereocenters. The van der Waals surface area contributed by atoms with Gasteiger partial charge in [0.2, 0.25) is 0 Å². The first-order valence-corrected chi connectivity index (χ1v) is 6.15. The van der Waals surface area contributed by atoms with Crippen LogP contribution >= 0.6 is 0 Å². The Hall–Kier alpha value is -1.87. The van der Waals surface area contributed by atoms with Gasteiger partial charge in [0.15, 0.2) is 0 Å². The number of nitrogens with zero attached hydrogens (tertiary/aromatic N) is 1. The van der Waals surface area contributed by atoms with E-state index in [0.29, 0.717) is 0 Å². The molecule has 0 radical (unpaired) electrons. The van der Waals surface area contributed by atoms with Gasteiger partial charge in [-0.1, -0.05) is 24.3 Å². The number of aromatic nitrogens is 1. The molecule has 0 saturated heterocycles. The van der Waals surface area contributed by atoms with Gasteiger partial charge in [0, 0.05) is 6.54 Å². The minimum absolute atomic E-state index is 0.207. The Balaban J connectivity index is 1.76. The second-order valence-electron chi connectivity index (χ2n) is 4.36. The molecular formula is C15H18N2O. The Morgan fingerprint density at radius 2 is 2.00 bits per heavy atom. The van der Waals surface area contributed by atoms with Gasteiger partial charge in [-0.25, -0.2) is 0 Å². The quantitative estimate of drug-likeness (QED) is 0.791. The second-order valence-corrected chi connectivity index (χ2v) is 4.36. The number of aromatic hydroxyl groups is 1. The third kappa shape index (κ3) is 3.57. The molecule has 0 aliphatic carbocycles. The number of hydrogen-bond acceptors (Lipinski definition) is 3. The zero-order valence-electron chi connectivity index (χ0n) is 10.6. The van der Waals surface area contributed by atoms with Gasteiger partial charge >= 0.3 is 0 Å². The topological polar surface area (TPSA) is 45.1 Å². The van der Waals surface area contributed by atoms with Crippen molar-refractivity contribution in [2.75, 3.05) is 6.54 Å². The van der Waals surface area contributed by atoms with Gasteiger partial charge in [-0.2, -0.15) is 0 Å². The molecule has 2 aromatic rings. The molecule has 3 nitrogen and oxygen atoms in total. The summed E-state index contributed by atoms with van der Waals surface area (Å²) in [5.74, 6) is 0.207. The van der Waals surface area contributed by atoms with Gasteiger partial charge < -0.3 is 10.4 Å². The Kier molecular flexibility index (Phi) is 4.31. The number of pyridine rings is 1. The first kappa shape index (κ1) is 12.6. The summed E-state index contributed by atoms with van der Waals surface area (Å²) in [6, 6.07) is 11.9. The summed E-state index contributed by atoms with van der Waals surface area (Å²) in [5, 5.41) is 12.5. The fourth-order valence-corrected chi connectivity index (χ4v) is 1.85. The van der Waals surface area contributed by atoms with Crippen molar-refractivity contribution < 1.29 is 5.11 Å². The number of hydrogen-bond donors (Lipinski definition) is 2. The van der Waals surface area contributed by atoms with Crippen LogP contribution in [0.1, 0.15) is 16.8 Å². The molecule has 0 spiro atoms. The van der Waals surface area contributed by atoms with Gasteiger partial charge in [-0.05, 0) is 43.1 Å². The maximum absolute atomic E-state index is 9.12. The van der Waals surface area contributed by atoms with Crippen molar-refractivity contribution in [1.29, 1.82) is 0 Å². The minimum Gasteiger partial charge on any atom is -0.506 e. The van der Waals surface area contributed by atoms with Gasteiger partial charge in [0.1, 0.15) is 5.75 Å². The van der Waals surface area contributed by atoms with Crippen LogP contribution in [0.5, 0.6) is 5.75 Å². The summed E-state index contributed by atoms with van der Waals surface area (Å²) in [4.78, 5) is 4.13. The molecule has 2 rings (SSSR count). The normalized spacial score (nSPS) is 10.5. The van der Waals surface area contributed by atoms with E-state index in [1.807, 2.05) is 6.07 Å². The molecule has 1 heterocycles. The standard InChI is InChI=1S/C15H18N2O/c1-12-4-2-3-5-13(12)8-9-16-10-14-6-7-15(18)11-17-14/h2-7,11,16,18H,8-10H2,1H3. The molecule has 18 heavy (non-hydrogen) atoms. The van der Waals surface area contributed by atoms with Crippen LogP contribution in [0.2, 0.25) is 0 Å². The van der Waals surface area contributed by atoms with Crippen molar-refractivity contribution in [1.82, 2.24) is 10.3 Å². The zero-order chi connectivity index (χ0) is 12.8. The molecular weight excluding hydrogens is 224 g/mol. The van der Waals surface area contributed by atoms with Gasteiger partial charge in [-0.15, -0.1) is 0 Å². The first-order valence-electron chi connectivity index (χ1n) is 6.15. The Morgan fingerprint density at radius 3 is 2.72 bits per heavy atom. The van der Waals surface area contributed by atoms with Crippen molar-refractivity contribution in [3.05, 3.63) is 59.4 Å². The zero-order valence-corrected chi connectivity index (χ0v) is 10.6. The number of nitrogens with one attached hydrogen (secondary N) is 1. The van der Waals surface area contributed by atoms with E-state index in [0.717, 1.165) is 25.2 Å². The average Bonchev–Trinajstić information content (AvgIpc) is 2.39. The number of benzene rings is 1. The van der Waals surface area contributed by atoms with Crippen LogP contribution in [0.4, 0.5) is 0 Å². The van der Waals surface area contributed by atoms with Crippen LogP contribution < -0.4 is 5.32 Å². The smallest absolute Gasteiger partial charge is 0.133 e. The molecule has 2 N–H and O–H groups in total. The molecule has 0 amide bonds. The summed E-state index contributed by atoms with van der Waals surface area (Å²) < 4.78 is 0. The van der Waals surface area contributed by atoms with Crippen molar-refractivity contribution in [3.63, 3.8) is 0 Å². The highest BCUT2D eigenvalue weighted by Gasteiger charge is 1.98. The lowest BCUT2D eigenvalue weighted by molar-refractivity contribution is 0.471. The maximum Gasteiger partial charge on any atom is 0.133 e. The predicted molar refractivity (Wildman–Crippen MR) is 72.5 cm³/mol. The Labute approximate surface area is 108 Å². The van der Waals surface area contributed by atoms with Crippen LogP contribution in [0.25, 0.3) is 0 Å². The highest BCUT2D eigenvalue weighted by atomic mass is 16.3. The number of rotatable bonds is 5. The van der Waals surface area contributed by atoms with E-state index in [9.17, 15) is 0 Å². The van der Waals surface area contributed by atoms with E-state index >= 15 is 0 Å². The van der Waals surface area contributed by atoms with E-state index in [1.54, 1.807) is 6.07 Å². The Morgan fingerprint density at radius 1 is 1.17 bits per heavy atom. The maximum atomic E-state index is 9.12. The van der Waals surface area contributed by atoms with Gasteiger partial charge in [0.05, 0.1) is 11.9 Å². The molecule has 1 aromatic heterocycles. The van der Waals surface area contributed by atoms with Crippen molar-refractivity contribution in [2.24, 2.45) is 0 Å². The molecule has 0 fully saturated rings. The van der Waals surface area contributed by atoms with Crippen molar-refractivity contribution >= 4 is 0 Å². The lowest BCUT2D eigenvalue weighted by Crippen LogP contribution is -2.17. The fourth-order valence-electron chi connectivity index (χ4n) is 1.85. The molecule has 0 saturated carbocycles. The molecule has 1 aromatic carbocycles. The molecule has 3 heteroatoms. The van der Waals surface area contributed by atoms with Crippen LogP contribution in [-0.2, 0) is 13.0 Å². The average molecular weight is 242 g/mol. The first-order chi connectivity index (χ1) is 8.75. The third-order valence-electron chi connectivity index (χ3n) is 2.95. The number of aryl methyl sites for hydroxylation is 1. The summed E-state index contributed by atoms with van der Waals surface area (Å²) in [5.41, 5.74) is 3.66. The van der Waals surface area contributed by atoms with E-state index in [-0.39, 0.29) is 5.75 Å². The van der Waals surface area contributed by atoms with Crippen LogP contribution in [0, 0.1) is 6.92 Å². The SMILES string of the molecule is Cc1ccccc1CCNCc1ccc(O)cn1. The lowest BCUT2D eigenvalue weighted by Gasteiger charge is -2.07. The largest absolute Gasteiger partial charge is 0.506 e. The van der Waals surface area contributed by atoms with E-state index in [4.69, 9.17) is 5.11 Å². The summed E-state index contributed by atoms with van der Waals surface area (Å²) in [7, 11) is 0. The van der Waals surface area contributed by atoms with Gasteiger partial charge in [0.25, 0.3) is 0 Å². The highest BCUT2D eigenvalue weighted by molar-refractivity contribution is 5.25. The van der Waals surface area contributed by atoms with Crippen LogP contribution in [-0.4, -0.2) is 16.6 Å². The monoisotopic (exact) mass is 242 g/mol. The van der Waals surface area contributed by atoms with Crippen molar-refractivity contribution in [3.8, 4) is 5.75 Å². The Bertz CT molecular complexity index is 494. The molecule has 0 atom stereocenters. The second kappa shape index (κ2) is 6.17. The van der Waals surface area contributed by atoms with Gasteiger partial charge in [-0.3, -0.25) is 4.98 Å². The summed E-state index contributed by atoms with van der Waals surface area (Å²) >= 11 is 0. The molecule has 0 aliphatic rings. The van der Waals surface area contributed by atoms with Crippen molar-refractivity contribution in [2.45, 2.75) is 19.9 Å². The summed E-state index contributed by atoms with van der Waals surface area (Å²) in [6.07, 6.45) is 2.49. The summed E-state index contributed by atoms with van der Waals surface area (Å²) in [6.45, 7) is 3.79. The van der Waals surface area contributed by atoms with E-state index < -0.39 is 0 Å². The highest BCUT2D eigenvalue weighted by Crippen LogP contribution is 2.07. The van der Waals surface area contributed by atoms with E-state index in [1.165, 1.54) is 17.3 Å². The molecule has 0 aliphatic heterocycles. The molecule has 94 valence electrons.